The van der Waals surface area contributed by atoms with Crippen LogP contribution in [0, 0.1) is 11.8 Å². The predicted octanol–water partition coefficient (Wildman–Crippen LogP) is 4.00. The van der Waals surface area contributed by atoms with Crippen LogP contribution in [0.4, 0.5) is 0 Å². The first-order valence-electron chi connectivity index (χ1n) is 4.89. The Bertz CT molecular complexity index is 471. The molecule has 1 nitrogen and oxygen atoms in total. The first-order valence-corrected chi connectivity index (χ1v) is 7.15. The molecule has 0 spiro atoms. The molecular formula is C10H6Cl6O. The molecule has 3 rings (SSSR count). The van der Waals surface area contributed by atoms with E-state index >= 15 is 0 Å². The zero-order valence-electron chi connectivity index (χ0n) is 8.10. The Labute approximate surface area is 128 Å². The molecule has 0 aromatic rings. The molecule has 0 heterocycles. The average Bonchev–Trinajstić information content (AvgIpc) is 2.73. The molecule has 0 aromatic heterocycles. The van der Waals surface area contributed by atoms with Crippen LogP contribution in [-0.2, 0) is 0 Å². The summed E-state index contributed by atoms with van der Waals surface area (Å²) in [6, 6.07) is 0. The third-order valence-corrected chi connectivity index (χ3v) is 8.23. The van der Waals surface area contributed by atoms with E-state index in [4.69, 9.17) is 69.6 Å². The third-order valence-electron chi connectivity index (χ3n) is 3.93. The van der Waals surface area contributed by atoms with Gasteiger partial charge in [-0.1, -0.05) is 58.6 Å². The fourth-order valence-corrected chi connectivity index (χ4v) is 6.13. The van der Waals surface area contributed by atoms with Gasteiger partial charge >= 0.3 is 0 Å². The van der Waals surface area contributed by atoms with Crippen molar-refractivity contribution >= 4 is 69.6 Å². The maximum absolute atomic E-state index is 9.97. The van der Waals surface area contributed by atoms with Crippen molar-refractivity contribution < 1.29 is 5.11 Å². The van der Waals surface area contributed by atoms with E-state index in [0.29, 0.717) is 0 Å². The first-order chi connectivity index (χ1) is 7.70. The molecular weight excluding hydrogens is 349 g/mol. The smallest absolute Gasteiger partial charge is 0.167 e. The largest absolute Gasteiger partial charge is 0.389 e. The van der Waals surface area contributed by atoms with Crippen LogP contribution in [0.25, 0.3) is 0 Å². The fourth-order valence-electron chi connectivity index (χ4n) is 3.12. The van der Waals surface area contributed by atoms with Crippen LogP contribution in [0.1, 0.15) is 0 Å². The minimum atomic E-state index is -1.56. The number of halogens is 6. The molecule has 94 valence electrons. The van der Waals surface area contributed by atoms with Crippen LogP contribution in [-0.4, -0.2) is 25.3 Å². The number of hydrogen-bond donors (Lipinski definition) is 1. The quantitative estimate of drug-likeness (QED) is 0.515. The van der Waals surface area contributed by atoms with Crippen molar-refractivity contribution in [2.24, 2.45) is 11.8 Å². The number of rotatable bonds is 0. The van der Waals surface area contributed by atoms with Crippen LogP contribution >= 0.6 is 69.6 Å². The van der Waals surface area contributed by atoms with Gasteiger partial charge in [-0.15, -0.1) is 23.2 Å². The van der Waals surface area contributed by atoms with E-state index in [1.54, 1.807) is 12.2 Å². The first kappa shape index (κ1) is 13.2. The summed E-state index contributed by atoms with van der Waals surface area (Å²) in [5, 5.41) is 10.3. The number of hydrogen-bond acceptors (Lipinski definition) is 1. The highest BCUT2D eigenvalue weighted by Crippen LogP contribution is 2.77. The number of aliphatic hydroxyl groups excluding tert-OH is 1. The molecule has 5 atom stereocenters. The Morgan fingerprint density at radius 3 is 2.06 bits per heavy atom. The normalized spacial score (nSPS) is 54.6. The summed E-state index contributed by atoms with van der Waals surface area (Å²) in [6.45, 7) is 0. The third kappa shape index (κ3) is 1.09. The standard InChI is InChI=1S/C10H6Cl6O/c11-6-7(12)9(14)5-3(1-2-4(5)17)8(6,13)10(9,15)16/h1-5,17H/t3-,4+,5+,8+,9-/m0/s1. The molecule has 0 saturated heterocycles. The summed E-state index contributed by atoms with van der Waals surface area (Å²) in [4.78, 5) is -2.64. The molecule has 0 radical (unpaired) electrons. The Kier molecular flexibility index (Phi) is 2.66. The van der Waals surface area contributed by atoms with E-state index in [9.17, 15) is 5.11 Å². The van der Waals surface area contributed by atoms with Gasteiger partial charge in [0, 0.05) is 11.8 Å². The molecule has 0 amide bonds. The fraction of sp³-hybridized carbons (Fsp3) is 0.600. The lowest BCUT2D eigenvalue weighted by atomic mass is 9.83. The molecule has 3 aliphatic rings. The van der Waals surface area contributed by atoms with E-state index in [0.717, 1.165) is 0 Å². The second kappa shape index (κ2) is 3.44. The predicted molar refractivity (Wildman–Crippen MR) is 72.5 cm³/mol. The van der Waals surface area contributed by atoms with Crippen LogP contribution in [0.15, 0.2) is 22.2 Å². The van der Waals surface area contributed by atoms with Crippen LogP contribution in [0.2, 0.25) is 0 Å². The second-order valence-corrected chi connectivity index (χ2v) is 7.83. The van der Waals surface area contributed by atoms with Crippen LogP contribution < -0.4 is 0 Å². The van der Waals surface area contributed by atoms with E-state index in [1.807, 2.05) is 0 Å². The maximum atomic E-state index is 9.97. The van der Waals surface area contributed by atoms with Gasteiger partial charge < -0.3 is 5.11 Å². The van der Waals surface area contributed by atoms with Gasteiger partial charge in [0.05, 0.1) is 16.2 Å². The molecule has 1 fully saturated rings. The van der Waals surface area contributed by atoms with Gasteiger partial charge in [-0.25, -0.2) is 0 Å². The highest BCUT2D eigenvalue weighted by Gasteiger charge is 2.83. The van der Waals surface area contributed by atoms with E-state index in [1.165, 1.54) is 0 Å². The lowest BCUT2D eigenvalue weighted by Gasteiger charge is -2.34. The Morgan fingerprint density at radius 2 is 1.47 bits per heavy atom. The van der Waals surface area contributed by atoms with Gasteiger partial charge in [-0.2, -0.15) is 0 Å². The molecule has 1 saturated carbocycles. The van der Waals surface area contributed by atoms with Crippen molar-refractivity contribution in [3.8, 4) is 0 Å². The Hall–Kier alpha value is 1.18. The van der Waals surface area contributed by atoms with Gasteiger partial charge in [-0.05, 0) is 0 Å². The monoisotopic (exact) mass is 352 g/mol. The lowest BCUT2D eigenvalue weighted by Crippen LogP contribution is -2.46. The van der Waals surface area contributed by atoms with E-state index in [2.05, 4.69) is 0 Å². The van der Waals surface area contributed by atoms with Crippen molar-refractivity contribution in [1.29, 1.82) is 0 Å². The highest BCUT2D eigenvalue weighted by molar-refractivity contribution is 6.65. The second-order valence-electron chi connectivity index (χ2n) is 4.55. The van der Waals surface area contributed by atoms with Gasteiger partial charge in [0.15, 0.2) is 4.33 Å². The summed E-state index contributed by atoms with van der Waals surface area (Å²) < 4.78 is -1.56. The summed E-state index contributed by atoms with van der Waals surface area (Å²) in [5.41, 5.74) is 0. The molecule has 1 N–H and O–H groups in total. The number of fused-ring (bicyclic) bond motifs is 5. The number of aliphatic hydroxyl groups is 1. The summed E-state index contributed by atoms with van der Waals surface area (Å²) in [5.74, 6) is -0.798. The molecule has 0 unspecified atom stereocenters. The van der Waals surface area contributed by atoms with Crippen LogP contribution in [0.3, 0.4) is 0 Å². The lowest BCUT2D eigenvalue weighted by molar-refractivity contribution is 0.138. The topological polar surface area (TPSA) is 20.2 Å². The summed E-state index contributed by atoms with van der Waals surface area (Å²) in [6.07, 6.45) is 2.58. The Morgan fingerprint density at radius 1 is 0.941 bits per heavy atom. The average molecular weight is 355 g/mol. The van der Waals surface area contributed by atoms with Crippen molar-refractivity contribution in [2.45, 2.75) is 20.2 Å². The molecule has 0 aromatic carbocycles. The minimum Gasteiger partial charge on any atom is -0.389 e. The number of alkyl halides is 4. The van der Waals surface area contributed by atoms with Gasteiger partial charge in [-0.3, -0.25) is 0 Å². The zero-order valence-corrected chi connectivity index (χ0v) is 12.6. The maximum Gasteiger partial charge on any atom is 0.167 e. The van der Waals surface area contributed by atoms with E-state index in [-0.39, 0.29) is 16.0 Å². The Balaban J connectivity index is 2.32. The molecule has 3 aliphatic carbocycles. The van der Waals surface area contributed by atoms with Gasteiger partial charge in [0.25, 0.3) is 0 Å². The molecule has 0 aliphatic heterocycles. The molecule has 7 heteroatoms. The summed E-state index contributed by atoms with van der Waals surface area (Å²) >= 11 is 37.9. The summed E-state index contributed by atoms with van der Waals surface area (Å²) in [7, 11) is 0. The van der Waals surface area contributed by atoms with E-state index < -0.39 is 26.1 Å². The molecule has 17 heavy (non-hydrogen) atoms. The van der Waals surface area contributed by atoms with Crippen molar-refractivity contribution in [3.05, 3.63) is 22.2 Å². The van der Waals surface area contributed by atoms with Crippen molar-refractivity contribution in [1.82, 2.24) is 0 Å². The van der Waals surface area contributed by atoms with Gasteiger partial charge in [0.1, 0.15) is 9.75 Å². The van der Waals surface area contributed by atoms with Crippen LogP contribution in [0.5, 0.6) is 0 Å². The zero-order chi connectivity index (χ0) is 12.8. The van der Waals surface area contributed by atoms with Crippen molar-refractivity contribution in [3.63, 3.8) is 0 Å². The molecule has 2 bridgehead atoms. The number of allylic oxidation sites excluding steroid dienone is 3. The highest BCUT2D eigenvalue weighted by atomic mass is 35.5. The van der Waals surface area contributed by atoms with Gasteiger partial charge in [0.2, 0.25) is 0 Å². The SMILES string of the molecule is O[C@@H]1C=C[C@H]2[C@H]1[C@]1(Cl)C(Cl)=C(Cl)[C@@]2(Cl)C1(Cl)Cl. The minimum absolute atomic E-state index is 0.129. The van der Waals surface area contributed by atoms with Crippen molar-refractivity contribution in [2.75, 3.05) is 0 Å².